The highest BCUT2D eigenvalue weighted by Crippen LogP contribution is 2.42. The molecule has 228 valence electrons. The number of rotatable bonds is 9. The van der Waals surface area contributed by atoms with Crippen LogP contribution in [0.15, 0.2) is 78.1 Å². The minimum Gasteiger partial charge on any atom is -0.450 e. The molecule has 1 N–H and O–H groups in total. The number of halogens is 2. The number of aryl methyl sites for hydroxylation is 1. The van der Waals surface area contributed by atoms with Crippen LogP contribution >= 0.6 is 11.6 Å². The van der Waals surface area contributed by atoms with Crippen molar-refractivity contribution in [3.8, 4) is 11.5 Å². The second kappa shape index (κ2) is 11.0. The fourth-order valence-corrected chi connectivity index (χ4v) is 6.16. The van der Waals surface area contributed by atoms with Crippen LogP contribution in [0.25, 0.3) is 16.7 Å². The molecule has 0 bridgehead atoms. The van der Waals surface area contributed by atoms with Gasteiger partial charge in [0.2, 0.25) is 5.95 Å². The van der Waals surface area contributed by atoms with Crippen molar-refractivity contribution < 1.29 is 13.9 Å². The van der Waals surface area contributed by atoms with Crippen LogP contribution in [0, 0.1) is 5.82 Å². The van der Waals surface area contributed by atoms with Gasteiger partial charge in [0.05, 0.1) is 31.3 Å². The molecular formula is C33H29ClFN7O3. The van der Waals surface area contributed by atoms with E-state index in [1.54, 1.807) is 17.7 Å². The molecule has 0 radical (unpaired) electrons. The maximum atomic E-state index is 13.8. The van der Waals surface area contributed by atoms with Crippen molar-refractivity contribution in [3.63, 3.8) is 0 Å². The quantitative estimate of drug-likeness (QED) is 0.186. The predicted octanol–water partition coefficient (Wildman–Crippen LogP) is 6.90. The van der Waals surface area contributed by atoms with Crippen LogP contribution in [0.3, 0.4) is 0 Å². The van der Waals surface area contributed by atoms with Crippen molar-refractivity contribution in [2.75, 3.05) is 5.32 Å². The molecule has 6 aromatic rings. The molecule has 2 aliphatic carbocycles. The molecule has 0 spiro atoms. The number of nitrogens with one attached hydrogen (secondary N) is 1. The highest BCUT2D eigenvalue weighted by Gasteiger charge is 2.34. The minimum atomic E-state index is -0.410. The van der Waals surface area contributed by atoms with Gasteiger partial charge in [0, 0.05) is 19.3 Å². The lowest BCUT2D eigenvalue weighted by molar-refractivity contribution is -0.0364. The lowest BCUT2D eigenvalue weighted by Crippen LogP contribution is -2.38. The van der Waals surface area contributed by atoms with E-state index in [0.29, 0.717) is 57.4 Å². The highest BCUT2D eigenvalue weighted by atomic mass is 35.5. The van der Waals surface area contributed by atoms with Gasteiger partial charge in [-0.05, 0) is 60.9 Å². The number of anilines is 2. The molecule has 0 aliphatic heterocycles. The van der Waals surface area contributed by atoms with Crippen molar-refractivity contribution in [1.29, 1.82) is 0 Å². The van der Waals surface area contributed by atoms with Crippen LogP contribution in [0.5, 0.6) is 11.5 Å². The van der Waals surface area contributed by atoms with E-state index in [1.165, 1.54) is 29.2 Å². The second-order valence-electron chi connectivity index (χ2n) is 11.7. The summed E-state index contributed by atoms with van der Waals surface area (Å²) in [6, 6.07) is 15.0. The first-order valence-electron chi connectivity index (χ1n) is 14.9. The third-order valence-corrected chi connectivity index (χ3v) is 8.99. The van der Waals surface area contributed by atoms with E-state index >= 15 is 0 Å². The number of hydrogen-bond donors (Lipinski definition) is 1. The van der Waals surface area contributed by atoms with Crippen molar-refractivity contribution in [3.05, 3.63) is 106 Å². The number of aromatic nitrogens is 6. The van der Waals surface area contributed by atoms with E-state index in [9.17, 15) is 9.18 Å². The first-order chi connectivity index (χ1) is 21.9. The second-order valence-corrected chi connectivity index (χ2v) is 12.1. The van der Waals surface area contributed by atoms with E-state index in [2.05, 4.69) is 32.5 Å². The molecule has 0 atom stereocenters. The lowest BCUT2D eigenvalue weighted by Gasteiger charge is -2.36. The first-order valence-corrected chi connectivity index (χ1v) is 15.3. The highest BCUT2D eigenvalue weighted by molar-refractivity contribution is 6.36. The fraction of sp³-hybridized carbons (Fsp3) is 0.273. The molecule has 8 rings (SSSR count). The summed E-state index contributed by atoms with van der Waals surface area (Å²) in [7, 11) is 1.80. The van der Waals surface area contributed by atoms with Crippen LogP contribution in [-0.2, 0) is 18.4 Å². The Morgan fingerprint density at radius 3 is 2.69 bits per heavy atom. The molecule has 2 saturated carbocycles. The van der Waals surface area contributed by atoms with Gasteiger partial charge in [0.15, 0.2) is 17.1 Å². The maximum Gasteiger partial charge on any atom is 0.274 e. The van der Waals surface area contributed by atoms with Gasteiger partial charge in [0.1, 0.15) is 27.6 Å². The minimum absolute atomic E-state index is 0.0743. The van der Waals surface area contributed by atoms with Gasteiger partial charge in [0.25, 0.3) is 5.56 Å². The molecule has 10 nitrogen and oxygen atoms in total. The van der Waals surface area contributed by atoms with Crippen molar-refractivity contribution >= 4 is 39.9 Å². The van der Waals surface area contributed by atoms with Gasteiger partial charge >= 0.3 is 0 Å². The summed E-state index contributed by atoms with van der Waals surface area (Å²) in [5.41, 5.74) is 4.15. The zero-order chi connectivity index (χ0) is 30.7. The third kappa shape index (κ3) is 5.21. The Morgan fingerprint density at radius 2 is 1.89 bits per heavy atom. The molecule has 2 aliphatic rings. The summed E-state index contributed by atoms with van der Waals surface area (Å²) in [6.45, 7) is 0.567. The molecule has 5 heterocycles. The van der Waals surface area contributed by atoms with Gasteiger partial charge in [-0.25, -0.2) is 13.9 Å². The molecule has 2 fully saturated rings. The van der Waals surface area contributed by atoms with Crippen molar-refractivity contribution in [2.45, 2.75) is 50.4 Å². The number of pyridine rings is 3. The van der Waals surface area contributed by atoms with E-state index < -0.39 is 5.82 Å². The Morgan fingerprint density at radius 1 is 1.07 bits per heavy atom. The Hall–Kier alpha value is -4.74. The van der Waals surface area contributed by atoms with Crippen LogP contribution in [0.2, 0.25) is 5.02 Å². The normalized spacial score (nSPS) is 17.9. The summed E-state index contributed by atoms with van der Waals surface area (Å²) < 4.78 is 30.8. The summed E-state index contributed by atoms with van der Waals surface area (Å²) in [6.07, 6.45) is 10.2. The van der Waals surface area contributed by atoms with Gasteiger partial charge < -0.3 is 23.9 Å². The monoisotopic (exact) mass is 625 g/mol. The van der Waals surface area contributed by atoms with Gasteiger partial charge in [-0.1, -0.05) is 41.9 Å². The maximum absolute atomic E-state index is 13.8. The summed E-state index contributed by atoms with van der Waals surface area (Å²) in [5.74, 6) is 1.17. The average Bonchev–Trinajstić information content (AvgIpc) is 3.73. The zero-order valence-electron chi connectivity index (χ0n) is 24.4. The SMILES string of the molecule is Cn1c(Nc2cc(C3CC3)cn([C@H]3C[C@H](OCc4ccccc4)C3)c2=O)nc2ncc(Oc3cnn4cc(F)ccc34)c(Cl)c21. The van der Waals surface area contributed by atoms with E-state index in [0.717, 1.165) is 36.8 Å². The van der Waals surface area contributed by atoms with Gasteiger partial charge in [-0.3, -0.25) is 4.79 Å². The largest absolute Gasteiger partial charge is 0.450 e. The van der Waals surface area contributed by atoms with Crippen LogP contribution < -0.4 is 15.6 Å². The molecule has 0 unspecified atom stereocenters. The van der Waals surface area contributed by atoms with Crippen LogP contribution in [-0.4, -0.2) is 34.8 Å². The Balaban J connectivity index is 1.05. The summed E-state index contributed by atoms with van der Waals surface area (Å²) >= 11 is 6.82. The zero-order valence-corrected chi connectivity index (χ0v) is 25.1. The van der Waals surface area contributed by atoms with E-state index in [4.69, 9.17) is 21.1 Å². The van der Waals surface area contributed by atoms with Crippen molar-refractivity contribution in [2.24, 2.45) is 7.05 Å². The van der Waals surface area contributed by atoms with Crippen LogP contribution in [0.4, 0.5) is 16.0 Å². The first kappa shape index (κ1) is 27.8. The number of imidazole rings is 1. The van der Waals surface area contributed by atoms with E-state index in [-0.39, 0.29) is 17.7 Å². The third-order valence-electron chi connectivity index (χ3n) is 8.62. The molecule has 45 heavy (non-hydrogen) atoms. The number of nitrogens with zero attached hydrogens (tertiary/aromatic N) is 6. The molecule has 5 aromatic heterocycles. The summed E-state index contributed by atoms with van der Waals surface area (Å²) in [4.78, 5) is 22.9. The Labute approximate surface area is 262 Å². The topological polar surface area (TPSA) is 100 Å². The van der Waals surface area contributed by atoms with Gasteiger partial charge in [-0.2, -0.15) is 10.1 Å². The van der Waals surface area contributed by atoms with Crippen molar-refractivity contribution in [1.82, 2.24) is 28.7 Å². The smallest absolute Gasteiger partial charge is 0.274 e. The fourth-order valence-electron chi connectivity index (χ4n) is 5.86. The van der Waals surface area contributed by atoms with Gasteiger partial charge in [-0.15, -0.1) is 0 Å². The summed E-state index contributed by atoms with van der Waals surface area (Å²) in [5, 5.41) is 7.72. The Bertz CT molecular complexity index is 2120. The predicted molar refractivity (Wildman–Crippen MR) is 168 cm³/mol. The molecule has 1 aromatic carbocycles. The Kier molecular flexibility index (Phi) is 6.80. The van der Waals surface area contributed by atoms with E-state index in [1.807, 2.05) is 35.0 Å². The number of ether oxygens (including phenoxy) is 2. The molecule has 12 heteroatoms. The number of fused-ring (bicyclic) bond motifs is 2. The number of hydrogen-bond acceptors (Lipinski definition) is 7. The average molecular weight is 626 g/mol. The van der Waals surface area contributed by atoms with Crippen LogP contribution in [0.1, 0.15) is 48.8 Å². The molecular weight excluding hydrogens is 597 g/mol. The number of benzene rings is 1. The lowest BCUT2D eigenvalue weighted by atomic mass is 9.88. The standard InChI is InChI=1S/C33H29ClFN7O3/c1-40-30-29(34)28(45-27-15-37-42-17-22(35)9-10-26(27)42)14-36-31(30)39-33(40)38-25-11-21(20-7-8-20)16-41(32(25)43)23-12-24(13-23)44-18-19-5-3-2-4-6-19/h2-6,9-11,14-17,20,23-24H,7-8,12-13,18H2,1H3,(H,36,38,39)/t23-,24-. The molecule has 0 saturated heterocycles. The molecule has 0 amide bonds.